The fourth-order valence-corrected chi connectivity index (χ4v) is 5.22. The molecule has 0 aliphatic carbocycles. The van der Waals surface area contributed by atoms with Crippen LogP contribution in [0.5, 0.6) is 0 Å². The SMILES string of the molecule is Cc1[nH]c(C)c([C@@H]2[C@H](c3ccccn3)NC(=S)N2C[C@H]2CCCO2)c1I. The van der Waals surface area contributed by atoms with E-state index >= 15 is 0 Å². The third-order valence-electron chi connectivity index (χ3n) is 5.26. The minimum atomic E-state index is 0.0347. The number of rotatable bonds is 4. The van der Waals surface area contributed by atoms with Gasteiger partial charge in [-0.3, -0.25) is 4.98 Å². The monoisotopic (exact) mass is 482 g/mol. The summed E-state index contributed by atoms with van der Waals surface area (Å²) in [5.74, 6) is 0. The molecule has 2 saturated heterocycles. The lowest BCUT2D eigenvalue weighted by molar-refractivity contribution is 0.0841. The molecule has 2 aliphatic heterocycles. The molecule has 0 aromatic carbocycles. The fourth-order valence-electron chi connectivity index (χ4n) is 4.05. The predicted molar refractivity (Wildman–Crippen MR) is 114 cm³/mol. The zero-order chi connectivity index (χ0) is 18.3. The number of aromatic amines is 1. The van der Waals surface area contributed by atoms with Crippen molar-refractivity contribution >= 4 is 39.9 Å². The number of nitrogens with zero attached hydrogens (tertiary/aromatic N) is 2. The molecule has 0 radical (unpaired) electrons. The number of H-pyrrole nitrogens is 1. The number of aromatic nitrogens is 2. The van der Waals surface area contributed by atoms with Crippen LogP contribution in [0.15, 0.2) is 24.4 Å². The van der Waals surface area contributed by atoms with Crippen molar-refractivity contribution in [3.05, 3.63) is 50.6 Å². The van der Waals surface area contributed by atoms with Crippen LogP contribution in [-0.2, 0) is 4.74 Å². The standard InChI is InChI=1S/C19H23IN4OS/c1-11-15(16(20)12(2)22-11)18-17(14-7-3-4-8-21-14)23-19(26)24(18)10-13-6-5-9-25-13/h3-4,7-8,13,17-18,22H,5-6,9-10H2,1-2H3,(H,23,26)/t13-,17+,18-/m1/s1. The van der Waals surface area contributed by atoms with Gasteiger partial charge in [-0.1, -0.05) is 6.07 Å². The summed E-state index contributed by atoms with van der Waals surface area (Å²) in [5, 5.41) is 4.32. The second-order valence-corrected chi connectivity index (χ2v) is 8.48. The molecule has 4 rings (SSSR count). The van der Waals surface area contributed by atoms with Crippen molar-refractivity contribution < 1.29 is 4.74 Å². The molecule has 0 unspecified atom stereocenters. The van der Waals surface area contributed by atoms with Gasteiger partial charge in [0.1, 0.15) is 0 Å². The van der Waals surface area contributed by atoms with E-state index in [0.717, 1.165) is 36.8 Å². The van der Waals surface area contributed by atoms with E-state index < -0.39 is 0 Å². The number of halogens is 1. The Morgan fingerprint density at radius 2 is 2.19 bits per heavy atom. The van der Waals surface area contributed by atoms with E-state index in [1.807, 2.05) is 18.3 Å². The van der Waals surface area contributed by atoms with E-state index in [-0.39, 0.29) is 18.2 Å². The van der Waals surface area contributed by atoms with Crippen molar-refractivity contribution in [2.24, 2.45) is 0 Å². The average molecular weight is 482 g/mol. The van der Waals surface area contributed by atoms with Gasteiger partial charge in [-0.05, 0) is 73.6 Å². The highest BCUT2D eigenvalue weighted by Crippen LogP contribution is 2.42. The average Bonchev–Trinajstić information content (AvgIpc) is 3.31. The maximum atomic E-state index is 5.90. The van der Waals surface area contributed by atoms with Crippen LogP contribution in [-0.4, -0.2) is 39.2 Å². The molecule has 2 fully saturated rings. The molecule has 4 heterocycles. The first-order valence-electron chi connectivity index (χ1n) is 9.00. The lowest BCUT2D eigenvalue weighted by Crippen LogP contribution is -2.36. The van der Waals surface area contributed by atoms with Gasteiger partial charge in [0, 0.05) is 39.9 Å². The quantitative estimate of drug-likeness (QED) is 0.513. The lowest BCUT2D eigenvalue weighted by atomic mass is 9.96. The summed E-state index contributed by atoms with van der Waals surface area (Å²) in [6.45, 7) is 5.94. The molecule has 5 nitrogen and oxygen atoms in total. The van der Waals surface area contributed by atoms with Crippen LogP contribution in [0, 0.1) is 17.4 Å². The summed E-state index contributed by atoms with van der Waals surface area (Å²) >= 11 is 8.19. The number of ether oxygens (including phenoxy) is 1. The highest BCUT2D eigenvalue weighted by Gasteiger charge is 2.43. The summed E-state index contributed by atoms with van der Waals surface area (Å²) in [4.78, 5) is 10.4. The third-order valence-corrected chi connectivity index (χ3v) is 7.01. The zero-order valence-electron chi connectivity index (χ0n) is 15.0. The summed E-state index contributed by atoms with van der Waals surface area (Å²) in [7, 11) is 0. The van der Waals surface area contributed by atoms with Crippen molar-refractivity contribution in [1.82, 2.24) is 20.2 Å². The van der Waals surface area contributed by atoms with Crippen LogP contribution in [0.1, 0.15) is 47.6 Å². The summed E-state index contributed by atoms with van der Waals surface area (Å²) in [6, 6.07) is 6.20. The molecule has 0 bridgehead atoms. The predicted octanol–water partition coefficient (Wildman–Crippen LogP) is 3.78. The van der Waals surface area contributed by atoms with Crippen LogP contribution in [0.2, 0.25) is 0 Å². The smallest absolute Gasteiger partial charge is 0.170 e. The number of hydrogen-bond acceptors (Lipinski definition) is 3. The molecule has 2 aromatic rings. The summed E-state index contributed by atoms with van der Waals surface area (Å²) in [6.07, 6.45) is 4.33. The van der Waals surface area contributed by atoms with Crippen LogP contribution >= 0.6 is 34.8 Å². The normalized spacial score (nSPS) is 25.7. The maximum absolute atomic E-state index is 5.90. The van der Waals surface area contributed by atoms with Gasteiger partial charge in [-0.2, -0.15) is 0 Å². The first kappa shape index (κ1) is 18.2. The van der Waals surface area contributed by atoms with Crippen LogP contribution in [0.25, 0.3) is 0 Å². The Hall–Kier alpha value is -1.19. The van der Waals surface area contributed by atoms with Crippen LogP contribution in [0.4, 0.5) is 0 Å². The zero-order valence-corrected chi connectivity index (χ0v) is 17.9. The van der Waals surface area contributed by atoms with Gasteiger partial charge in [-0.15, -0.1) is 0 Å². The number of thiocarbonyl (C=S) groups is 1. The molecule has 3 atom stereocenters. The second-order valence-electron chi connectivity index (χ2n) is 7.02. The highest BCUT2D eigenvalue weighted by molar-refractivity contribution is 14.1. The Labute approximate surface area is 173 Å². The molecule has 26 heavy (non-hydrogen) atoms. The van der Waals surface area contributed by atoms with Crippen molar-refractivity contribution in [1.29, 1.82) is 0 Å². The van der Waals surface area contributed by atoms with E-state index in [9.17, 15) is 0 Å². The van der Waals surface area contributed by atoms with Crippen molar-refractivity contribution in [3.8, 4) is 0 Å². The van der Waals surface area contributed by atoms with Gasteiger partial charge in [0.15, 0.2) is 5.11 Å². The Morgan fingerprint density at radius 3 is 2.81 bits per heavy atom. The van der Waals surface area contributed by atoms with E-state index in [1.54, 1.807) is 0 Å². The molecular formula is C19H23IN4OS. The molecule has 138 valence electrons. The molecule has 0 spiro atoms. The molecule has 0 amide bonds. The highest BCUT2D eigenvalue weighted by atomic mass is 127. The third kappa shape index (κ3) is 3.25. The van der Waals surface area contributed by atoms with Gasteiger partial charge in [0.25, 0.3) is 0 Å². The molecule has 0 saturated carbocycles. The largest absolute Gasteiger partial charge is 0.376 e. The van der Waals surface area contributed by atoms with E-state index in [4.69, 9.17) is 17.0 Å². The van der Waals surface area contributed by atoms with Gasteiger partial charge in [0.2, 0.25) is 0 Å². The molecular weight excluding hydrogens is 459 g/mol. The molecule has 2 aromatic heterocycles. The number of hydrogen-bond donors (Lipinski definition) is 2. The lowest BCUT2D eigenvalue weighted by Gasteiger charge is -2.30. The minimum Gasteiger partial charge on any atom is -0.376 e. The second kappa shape index (κ2) is 7.44. The number of aryl methyl sites for hydroxylation is 2. The van der Waals surface area contributed by atoms with E-state index in [2.05, 4.69) is 62.7 Å². The number of pyridine rings is 1. The van der Waals surface area contributed by atoms with Gasteiger partial charge < -0.3 is 19.9 Å². The Balaban J connectivity index is 1.76. The first-order chi connectivity index (χ1) is 12.6. The Bertz CT molecular complexity index is 803. The van der Waals surface area contributed by atoms with E-state index in [1.165, 1.54) is 20.5 Å². The van der Waals surface area contributed by atoms with Gasteiger partial charge >= 0.3 is 0 Å². The molecule has 7 heteroatoms. The van der Waals surface area contributed by atoms with Gasteiger partial charge in [0.05, 0.1) is 23.9 Å². The Morgan fingerprint density at radius 1 is 1.35 bits per heavy atom. The number of nitrogens with one attached hydrogen (secondary N) is 2. The molecule has 2 aliphatic rings. The van der Waals surface area contributed by atoms with E-state index in [0.29, 0.717) is 0 Å². The van der Waals surface area contributed by atoms with Crippen LogP contribution in [0.3, 0.4) is 0 Å². The summed E-state index contributed by atoms with van der Waals surface area (Å²) in [5.41, 5.74) is 4.72. The van der Waals surface area contributed by atoms with Crippen molar-refractivity contribution in [3.63, 3.8) is 0 Å². The first-order valence-corrected chi connectivity index (χ1v) is 10.5. The topological polar surface area (TPSA) is 53.2 Å². The van der Waals surface area contributed by atoms with Crippen molar-refractivity contribution in [2.45, 2.75) is 44.9 Å². The van der Waals surface area contributed by atoms with Gasteiger partial charge in [-0.25, -0.2) is 0 Å². The maximum Gasteiger partial charge on any atom is 0.170 e. The fraction of sp³-hybridized carbons (Fsp3) is 0.474. The van der Waals surface area contributed by atoms with Crippen LogP contribution < -0.4 is 5.32 Å². The van der Waals surface area contributed by atoms with Crippen molar-refractivity contribution in [2.75, 3.05) is 13.2 Å². The summed E-state index contributed by atoms with van der Waals surface area (Å²) < 4.78 is 7.17. The Kier molecular flexibility index (Phi) is 5.20. The minimum absolute atomic E-state index is 0.0347. The molecule has 2 N–H and O–H groups in total.